The molecule has 0 saturated carbocycles. The Morgan fingerprint density at radius 3 is 1.53 bits per heavy atom. The molecule has 0 spiro atoms. The molecule has 0 aliphatic carbocycles. The van der Waals surface area contributed by atoms with Crippen LogP contribution in [0.3, 0.4) is 0 Å². The molecule has 0 aliphatic rings. The maximum Gasteiger partial charge on any atom is 0.337 e. The minimum absolute atomic E-state index is 0.222. The Bertz CT molecular complexity index is 362. The summed E-state index contributed by atoms with van der Waals surface area (Å²) in [6.07, 6.45) is -0.935. The van der Waals surface area contributed by atoms with Gasteiger partial charge in [0.15, 0.2) is 5.60 Å². The minimum atomic E-state index is -2.78. The van der Waals surface area contributed by atoms with E-state index in [2.05, 4.69) is 0 Å². The van der Waals surface area contributed by atoms with Crippen LogP contribution >= 0.6 is 0 Å². The second-order valence-electron chi connectivity index (χ2n) is 3.61. The number of carbonyl (C=O) groups is 4. The fraction of sp³-hybridized carbons (Fsp3) is 0.600. The van der Waals surface area contributed by atoms with Crippen molar-refractivity contribution in [1.29, 1.82) is 0 Å². The molecule has 0 rings (SSSR count). The summed E-state index contributed by atoms with van der Waals surface area (Å²) in [5.74, 6) is -7.46. The summed E-state index contributed by atoms with van der Waals surface area (Å²) >= 11 is 0. The molecular formula is C10H16O9. The third-order valence-electron chi connectivity index (χ3n) is 2.18. The molecule has 0 aliphatic heterocycles. The van der Waals surface area contributed by atoms with Crippen LogP contribution in [0.1, 0.15) is 26.7 Å². The van der Waals surface area contributed by atoms with Gasteiger partial charge in [0.25, 0.3) is 0 Å². The van der Waals surface area contributed by atoms with Crippen LogP contribution in [0.15, 0.2) is 0 Å². The number of rotatable bonds is 6. The highest BCUT2D eigenvalue weighted by Gasteiger charge is 2.47. The molecule has 0 heterocycles. The first kappa shape index (κ1) is 19.2. The van der Waals surface area contributed by atoms with Crippen LogP contribution in [-0.4, -0.2) is 55.0 Å². The lowest BCUT2D eigenvalue weighted by atomic mass is 9.86. The predicted molar refractivity (Wildman–Crippen MR) is 59.6 cm³/mol. The summed E-state index contributed by atoms with van der Waals surface area (Å²) in [6.45, 7) is 2.53. The van der Waals surface area contributed by atoms with Gasteiger partial charge in [0.1, 0.15) is 0 Å². The van der Waals surface area contributed by atoms with Crippen molar-refractivity contribution in [3.63, 3.8) is 0 Å². The molecular weight excluding hydrogens is 264 g/mol. The molecule has 2 unspecified atom stereocenters. The van der Waals surface area contributed by atoms with Crippen LogP contribution in [0.25, 0.3) is 0 Å². The zero-order valence-electron chi connectivity index (χ0n) is 10.4. The summed E-state index contributed by atoms with van der Waals surface area (Å²) in [7, 11) is 0. The summed E-state index contributed by atoms with van der Waals surface area (Å²) in [4.78, 5) is 40.5. The quantitative estimate of drug-likeness (QED) is 0.429. The van der Waals surface area contributed by atoms with E-state index in [1.165, 1.54) is 0 Å². The third kappa shape index (κ3) is 6.99. The van der Waals surface area contributed by atoms with Crippen LogP contribution in [0.5, 0.6) is 0 Å². The van der Waals surface area contributed by atoms with Crippen molar-refractivity contribution in [3.8, 4) is 0 Å². The Labute approximate surface area is 108 Å². The summed E-state index contributed by atoms with van der Waals surface area (Å²) < 4.78 is 0. The van der Waals surface area contributed by atoms with E-state index in [9.17, 15) is 24.3 Å². The summed E-state index contributed by atoms with van der Waals surface area (Å²) in [6, 6.07) is 0. The van der Waals surface area contributed by atoms with Gasteiger partial charge in [-0.05, 0) is 6.92 Å². The molecule has 2 atom stereocenters. The van der Waals surface area contributed by atoms with Crippen molar-refractivity contribution < 1.29 is 44.7 Å². The molecule has 0 aromatic rings. The molecule has 0 fully saturated rings. The van der Waals surface area contributed by atoms with Gasteiger partial charge in [-0.1, -0.05) is 6.92 Å². The van der Waals surface area contributed by atoms with Crippen molar-refractivity contribution in [1.82, 2.24) is 0 Å². The normalized spacial score (nSPS) is 14.3. The molecule has 19 heavy (non-hydrogen) atoms. The largest absolute Gasteiger partial charge is 0.481 e. The molecule has 9 nitrogen and oxygen atoms in total. The van der Waals surface area contributed by atoms with Crippen LogP contribution < -0.4 is 0 Å². The van der Waals surface area contributed by atoms with Crippen LogP contribution in [0.4, 0.5) is 0 Å². The summed E-state index contributed by atoms with van der Waals surface area (Å²) in [5.41, 5.74) is -2.78. The fourth-order valence-corrected chi connectivity index (χ4v) is 0.849. The smallest absolute Gasteiger partial charge is 0.337 e. The lowest BCUT2D eigenvalue weighted by molar-refractivity contribution is -0.177. The monoisotopic (exact) mass is 280 g/mol. The van der Waals surface area contributed by atoms with Crippen molar-refractivity contribution in [2.45, 2.75) is 32.3 Å². The van der Waals surface area contributed by atoms with Gasteiger partial charge in [-0.2, -0.15) is 0 Å². The first-order chi connectivity index (χ1) is 8.48. The van der Waals surface area contributed by atoms with Gasteiger partial charge in [-0.15, -0.1) is 0 Å². The third-order valence-corrected chi connectivity index (χ3v) is 2.18. The lowest BCUT2D eigenvalue weighted by Crippen LogP contribution is -2.49. The number of carboxylic acids is 4. The van der Waals surface area contributed by atoms with E-state index in [0.717, 1.165) is 6.92 Å². The lowest BCUT2D eigenvalue weighted by Gasteiger charge is -2.25. The number of hydrogen-bond donors (Lipinski definition) is 5. The van der Waals surface area contributed by atoms with Gasteiger partial charge in [0.2, 0.25) is 0 Å². The van der Waals surface area contributed by atoms with Gasteiger partial charge < -0.3 is 25.5 Å². The van der Waals surface area contributed by atoms with Crippen LogP contribution in [0.2, 0.25) is 0 Å². The fourth-order valence-electron chi connectivity index (χ4n) is 0.849. The molecule has 0 bridgehead atoms. The van der Waals surface area contributed by atoms with E-state index < -0.39 is 41.8 Å². The molecule has 0 aromatic carbocycles. The molecule has 0 saturated heterocycles. The molecule has 0 aromatic heterocycles. The predicted octanol–water partition coefficient (Wildman–Crippen LogP) is -0.521. The number of aliphatic carboxylic acids is 4. The highest BCUT2D eigenvalue weighted by molar-refractivity contribution is 5.89. The second kappa shape index (κ2) is 8.03. The van der Waals surface area contributed by atoms with Crippen LogP contribution in [-0.2, 0) is 19.2 Å². The summed E-state index contributed by atoms with van der Waals surface area (Å²) in [5, 5.41) is 42.4. The molecule has 110 valence electrons. The zero-order chi connectivity index (χ0) is 15.8. The average Bonchev–Trinajstić information content (AvgIpc) is 2.27. The van der Waals surface area contributed by atoms with Crippen molar-refractivity contribution in [2.24, 2.45) is 5.92 Å². The van der Waals surface area contributed by atoms with E-state index in [4.69, 9.17) is 20.4 Å². The van der Waals surface area contributed by atoms with Gasteiger partial charge in [-0.3, -0.25) is 14.4 Å². The van der Waals surface area contributed by atoms with Crippen LogP contribution in [0, 0.1) is 5.92 Å². The van der Waals surface area contributed by atoms with Crippen molar-refractivity contribution in [3.05, 3.63) is 0 Å². The van der Waals surface area contributed by atoms with Gasteiger partial charge in [0.05, 0.1) is 12.3 Å². The second-order valence-corrected chi connectivity index (χ2v) is 3.61. The molecule has 5 N–H and O–H groups in total. The van der Waals surface area contributed by atoms with Crippen molar-refractivity contribution >= 4 is 23.9 Å². The molecule has 9 heteroatoms. The maximum atomic E-state index is 10.5. The van der Waals surface area contributed by atoms with E-state index in [-0.39, 0.29) is 6.42 Å². The van der Waals surface area contributed by atoms with E-state index in [0.29, 0.717) is 0 Å². The molecule has 0 radical (unpaired) electrons. The Kier molecular flexibility index (Phi) is 8.11. The van der Waals surface area contributed by atoms with Gasteiger partial charge in [-0.25, -0.2) is 4.79 Å². The highest BCUT2D eigenvalue weighted by Crippen LogP contribution is 2.22. The Morgan fingerprint density at radius 1 is 1.00 bits per heavy atom. The first-order valence-corrected chi connectivity index (χ1v) is 5.11. The Hall–Kier alpha value is -2.16. The topological polar surface area (TPSA) is 169 Å². The molecule has 0 amide bonds. The van der Waals surface area contributed by atoms with Crippen molar-refractivity contribution in [2.75, 3.05) is 0 Å². The standard InChI is InChI=1S/C7H10O7.C3H6O2/c1-3(5(10)11)7(14,6(12)13)2-4(8)9;1-2-3(4)5/h3,14H,2H2,1H3,(H,8,9)(H,10,11)(H,12,13);2H2,1H3,(H,4,5). The maximum absolute atomic E-state index is 10.5. The van der Waals surface area contributed by atoms with E-state index >= 15 is 0 Å². The van der Waals surface area contributed by atoms with E-state index in [1.54, 1.807) is 6.92 Å². The first-order valence-electron chi connectivity index (χ1n) is 5.11. The number of carboxylic acid groups (broad SMARTS) is 4. The van der Waals surface area contributed by atoms with Gasteiger partial charge in [0, 0.05) is 6.42 Å². The van der Waals surface area contributed by atoms with Gasteiger partial charge >= 0.3 is 23.9 Å². The Morgan fingerprint density at radius 2 is 1.37 bits per heavy atom. The van der Waals surface area contributed by atoms with E-state index in [1.807, 2.05) is 0 Å². The zero-order valence-corrected chi connectivity index (χ0v) is 10.4. The number of aliphatic hydroxyl groups is 1. The Balaban J connectivity index is 0. The SMILES string of the molecule is CC(C(=O)O)C(O)(CC(=O)O)C(=O)O.CCC(=O)O. The number of hydrogen-bond acceptors (Lipinski definition) is 5. The minimum Gasteiger partial charge on any atom is -0.481 e. The average molecular weight is 280 g/mol. The highest BCUT2D eigenvalue weighted by atomic mass is 16.4.